The van der Waals surface area contributed by atoms with Gasteiger partial charge in [0.15, 0.2) is 0 Å². The van der Waals surface area contributed by atoms with Gasteiger partial charge in [0.2, 0.25) is 11.8 Å². The van der Waals surface area contributed by atoms with E-state index in [0.29, 0.717) is 31.3 Å². The maximum absolute atomic E-state index is 12.5. The third-order valence-corrected chi connectivity index (χ3v) is 5.14. The van der Waals surface area contributed by atoms with Crippen molar-refractivity contribution in [3.63, 3.8) is 0 Å². The maximum atomic E-state index is 12.5. The van der Waals surface area contributed by atoms with Crippen LogP contribution in [0.15, 0.2) is 0 Å². The van der Waals surface area contributed by atoms with Gasteiger partial charge in [-0.1, -0.05) is 26.7 Å². The van der Waals surface area contributed by atoms with Crippen molar-refractivity contribution in [3.05, 3.63) is 0 Å². The lowest BCUT2D eigenvalue weighted by molar-refractivity contribution is -0.135. The predicted molar refractivity (Wildman–Crippen MR) is 99.0 cm³/mol. The summed E-state index contributed by atoms with van der Waals surface area (Å²) in [4.78, 5) is 28.7. The van der Waals surface area contributed by atoms with Crippen molar-refractivity contribution in [2.75, 3.05) is 26.2 Å². The first kappa shape index (κ1) is 21.2. The molecule has 0 unspecified atom stereocenters. The molecule has 1 aliphatic carbocycles. The molecule has 0 bridgehead atoms. The van der Waals surface area contributed by atoms with Crippen LogP contribution in [-0.4, -0.2) is 53.8 Å². The summed E-state index contributed by atoms with van der Waals surface area (Å²) in [5, 5.41) is 0. The molecule has 0 spiro atoms. The molecule has 1 saturated heterocycles. The molecular formula is C18H34ClN3O2. The van der Waals surface area contributed by atoms with Crippen LogP contribution in [0.1, 0.15) is 58.8 Å². The van der Waals surface area contributed by atoms with Crippen LogP contribution >= 0.6 is 12.4 Å². The highest BCUT2D eigenvalue weighted by atomic mass is 35.5. The molecule has 2 fully saturated rings. The average Bonchev–Trinajstić information content (AvgIpc) is 2.87. The summed E-state index contributed by atoms with van der Waals surface area (Å²) < 4.78 is 0. The maximum Gasteiger partial charge on any atom is 0.239 e. The lowest BCUT2D eigenvalue weighted by Gasteiger charge is -2.25. The second kappa shape index (κ2) is 10.2. The highest BCUT2D eigenvalue weighted by Crippen LogP contribution is 2.28. The van der Waals surface area contributed by atoms with Crippen molar-refractivity contribution in [3.8, 4) is 0 Å². The van der Waals surface area contributed by atoms with Crippen molar-refractivity contribution in [2.24, 2.45) is 17.6 Å². The van der Waals surface area contributed by atoms with Crippen LogP contribution in [0.3, 0.4) is 0 Å². The summed E-state index contributed by atoms with van der Waals surface area (Å²) in [5.41, 5.74) is 6.03. The number of carbonyl (C=O) groups is 2. The molecular weight excluding hydrogens is 326 g/mol. The molecule has 1 aliphatic heterocycles. The van der Waals surface area contributed by atoms with Gasteiger partial charge in [-0.2, -0.15) is 0 Å². The fraction of sp³-hybridized carbons (Fsp3) is 0.889. The molecule has 2 amide bonds. The van der Waals surface area contributed by atoms with E-state index in [1.165, 1.54) is 25.7 Å². The normalized spacial score (nSPS) is 20.7. The monoisotopic (exact) mass is 359 g/mol. The minimum Gasteiger partial charge on any atom is -0.341 e. The lowest BCUT2D eigenvalue weighted by Crippen LogP contribution is -2.46. The van der Waals surface area contributed by atoms with E-state index < -0.39 is 6.04 Å². The van der Waals surface area contributed by atoms with Crippen molar-refractivity contribution < 1.29 is 9.59 Å². The van der Waals surface area contributed by atoms with Gasteiger partial charge in [-0.05, 0) is 37.5 Å². The first-order valence-electron chi connectivity index (χ1n) is 9.29. The number of carbonyl (C=O) groups excluding carboxylic acids is 2. The molecule has 140 valence electrons. The Kier molecular flexibility index (Phi) is 9.06. The van der Waals surface area contributed by atoms with Gasteiger partial charge in [-0.15, -0.1) is 12.4 Å². The minimum atomic E-state index is -0.407. The summed E-state index contributed by atoms with van der Waals surface area (Å²) in [6.45, 7) is 6.94. The first-order valence-corrected chi connectivity index (χ1v) is 9.29. The zero-order valence-corrected chi connectivity index (χ0v) is 16.0. The predicted octanol–water partition coefficient (Wildman–Crippen LogP) is 2.42. The Morgan fingerprint density at radius 3 is 2.21 bits per heavy atom. The molecule has 2 rings (SSSR count). The van der Waals surface area contributed by atoms with Crippen molar-refractivity contribution in [2.45, 2.75) is 64.8 Å². The molecule has 24 heavy (non-hydrogen) atoms. The number of nitrogens with two attached hydrogens (primary N) is 1. The fourth-order valence-electron chi connectivity index (χ4n) is 3.82. The number of hydrogen-bond donors (Lipinski definition) is 1. The van der Waals surface area contributed by atoms with Gasteiger partial charge in [-0.25, -0.2) is 0 Å². The quantitative estimate of drug-likeness (QED) is 0.819. The summed E-state index contributed by atoms with van der Waals surface area (Å²) in [6, 6.07) is -0.407. The van der Waals surface area contributed by atoms with Crippen LogP contribution < -0.4 is 5.73 Å². The fourth-order valence-corrected chi connectivity index (χ4v) is 3.82. The van der Waals surface area contributed by atoms with E-state index in [4.69, 9.17) is 5.73 Å². The van der Waals surface area contributed by atoms with Crippen molar-refractivity contribution in [1.29, 1.82) is 0 Å². The molecule has 0 radical (unpaired) electrons. The molecule has 0 aromatic carbocycles. The second-order valence-electron chi connectivity index (χ2n) is 7.65. The van der Waals surface area contributed by atoms with Gasteiger partial charge < -0.3 is 15.5 Å². The molecule has 2 N–H and O–H groups in total. The SMILES string of the molecule is CC(C)C[C@H](N)C(=O)N1CCCN(C(=O)CC2CCCC2)CC1.Cl. The molecule has 1 heterocycles. The lowest BCUT2D eigenvalue weighted by atomic mass is 10.0. The summed E-state index contributed by atoms with van der Waals surface area (Å²) >= 11 is 0. The van der Waals surface area contributed by atoms with Gasteiger partial charge in [-0.3, -0.25) is 9.59 Å². The van der Waals surface area contributed by atoms with E-state index in [1.807, 2.05) is 9.80 Å². The van der Waals surface area contributed by atoms with Gasteiger partial charge in [0.1, 0.15) is 0 Å². The highest BCUT2D eigenvalue weighted by Gasteiger charge is 2.27. The molecule has 0 aromatic rings. The van der Waals surface area contributed by atoms with Crippen molar-refractivity contribution in [1.82, 2.24) is 9.80 Å². The van der Waals surface area contributed by atoms with Crippen LogP contribution in [0, 0.1) is 11.8 Å². The average molecular weight is 360 g/mol. The van der Waals surface area contributed by atoms with Gasteiger partial charge in [0, 0.05) is 32.6 Å². The molecule has 6 heteroatoms. The van der Waals surface area contributed by atoms with Crippen LogP contribution in [-0.2, 0) is 9.59 Å². The van der Waals surface area contributed by atoms with Gasteiger partial charge in [0.05, 0.1) is 6.04 Å². The Balaban J connectivity index is 0.00000288. The Morgan fingerprint density at radius 2 is 1.58 bits per heavy atom. The molecule has 1 atom stereocenters. The van der Waals surface area contributed by atoms with Crippen LogP contribution in [0.25, 0.3) is 0 Å². The van der Waals surface area contributed by atoms with Crippen LogP contribution in [0.2, 0.25) is 0 Å². The summed E-state index contributed by atoms with van der Waals surface area (Å²) in [7, 11) is 0. The second-order valence-corrected chi connectivity index (χ2v) is 7.65. The number of nitrogens with zero attached hydrogens (tertiary/aromatic N) is 2. The smallest absolute Gasteiger partial charge is 0.239 e. The standard InChI is InChI=1S/C18H33N3O2.ClH/c1-14(2)12-16(19)18(23)21-9-5-8-20(10-11-21)17(22)13-15-6-3-4-7-15;/h14-16H,3-13,19H2,1-2H3;1H/t16-;/m0./s1. The van der Waals surface area contributed by atoms with E-state index in [-0.39, 0.29) is 24.2 Å². The Labute approximate surface area is 152 Å². The number of rotatable bonds is 5. The van der Waals surface area contributed by atoms with E-state index in [9.17, 15) is 9.59 Å². The zero-order valence-electron chi connectivity index (χ0n) is 15.2. The Hall–Kier alpha value is -0.810. The first-order chi connectivity index (χ1) is 11.0. The Morgan fingerprint density at radius 1 is 1.00 bits per heavy atom. The topological polar surface area (TPSA) is 66.6 Å². The number of halogens is 1. The Bertz CT molecular complexity index is 411. The highest BCUT2D eigenvalue weighted by molar-refractivity contribution is 5.85. The van der Waals surface area contributed by atoms with Crippen molar-refractivity contribution >= 4 is 24.2 Å². The zero-order chi connectivity index (χ0) is 16.8. The van der Waals surface area contributed by atoms with E-state index in [1.54, 1.807) is 0 Å². The third-order valence-electron chi connectivity index (χ3n) is 5.14. The van der Waals surface area contributed by atoms with E-state index in [2.05, 4.69) is 13.8 Å². The van der Waals surface area contributed by atoms with Crippen LogP contribution in [0.5, 0.6) is 0 Å². The van der Waals surface area contributed by atoms with E-state index in [0.717, 1.165) is 25.9 Å². The van der Waals surface area contributed by atoms with Gasteiger partial charge >= 0.3 is 0 Å². The third kappa shape index (κ3) is 6.25. The molecule has 1 saturated carbocycles. The number of amides is 2. The molecule has 2 aliphatic rings. The van der Waals surface area contributed by atoms with E-state index >= 15 is 0 Å². The minimum absolute atomic E-state index is 0. The summed E-state index contributed by atoms with van der Waals surface area (Å²) in [5.74, 6) is 1.33. The van der Waals surface area contributed by atoms with Gasteiger partial charge in [0.25, 0.3) is 0 Å². The number of hydrogen-bond acceptors (Lipinski definition) is 3. The summed E-state index contributed by atoms with van der Waals surface area (Å²) in [6.07, 6.45) is 7.22. The largest absolute Gasteiger partial charge is 0.341 e. The molecule has 5 nitrogen and oxygen atoms in total. The van der Waals surface area contributed by atoms with Crippen LogP contribution in [0.4, 0.5) is 0 Å². The molecule has 0 aromatic heterocycles.